The molecule has 1 amide bonds. The Balaban J connectivity index is 3.01. The zero-order chi connectivity index (χ0) is 17.4. The molecule has 0 aromatic heterocycles. The summed E-state index contributed by atoms with van der Waals surface area (Å²) in [4.78, 5) is 22.9. The fraction of sp³-hybridized carbons (Fsp3) is 0.375. The van der Waals surface area contributed by atoms with E-state index in [1.807, 2.05) is 0 Å². The molecule has 1 atom stereocenters. The summed E-state index contributed by atoms with van der Waals surface area (Å²) in [6, 6.07) is 2.63. The predicted octanol–water partition coefficient (Wildman–Crippen LogP) is 1.80. The maximum Gasteiger partial charge on any atom is 0.328 e. The number of aliphatic hydroxyl groups is 1. The standard InChI is InChI=1S/C16H19F2NO4/c1-3-23-16(22)14(19-10(2)21)8-7-11(9-20)12-5-4-6-13(17)15(12)18/h4-7,14,20H,3,8-9H2,1-2H3,(H,19,21)/b11-7+. The number of aliphatic hydroxyl groups excluding tert-OH is 1. The van der Waals surface area contributed by atoms with Gasteiger partial charge in [0, 0.05) is 12.5 Å². The monoisotopic (exact) mass is 327 g/mol. The first-order valence-corrected chi connectivity index (χ1v) is 7.08. The van der Waals surface area contributed by atoms with Crippen molar-refractivity contribution in [3.63, 3.8) is 0 Å². The second-order valence-electron chi connectivity index (χ2n) is 4.73. The van der Waals surface area contributed by atoms with Gasteiger partial charge in [-0.25, -0.2) is 13.6 Å². The first kappa shape index (κ1) is 18.8. The van der Waals surface area contributed by atoms with E-state index in [9.17, 15) is 23.5 Å². The molecule has 0 aliphatic carbocycles. The molecule has 0 aliphatic rings. The van der Waals surface area contributed by atoms with Gasteiger partial charge < -0.3 is 15.2 Å². The van der Waals surface area contributed by atoms with E-state index in [4.69, 9.17) is 4.74 Å². The van der Waals surface area contributed by atoms with Gasteiger partial charge in [0.15, 0.2) is 11.6 Å². The van der Waals surface area contributed by atoms with Crippen LogP contribution in [0, 0.1) is 11.6 Å². The highest BCUT2D eigenvalue weighted by Crippen LogP contribution is 2.21. The van der Waals surface area contributed by atoms with Crippen LogP contribution >= 0.6 is 0 Å². The maximum absolute atomic E-state index is 13.8. The molecule has 0 bridgehead atoms. The SMILES string of the molecule is CCOC(=O)C(C/C=C(\CO)c1cccc(F)c1F)NC(C)=O. The van der Waals surface area contributed by atoms with Crippen LogP contribution in [0.25, 0.3) is 5.57 Å². The van der Waals surface area contributed by atoms with Crippen LogP contribution in [0.15, 0.2) is 24.3 Å². The zero-order valence-corrected chi connectivity index (χ0v) is 12.9. The van der Waals surface area contributed by atoms with Crippen molar-refractivity contribution >= 4 is 17.4 Å². The second kappa shape index (κ2) is 8.99. The van der Waals surface area contributed by atoms with Gasteiger partial charge in [0.1, 0.15) is 6.04 Å². The largest absolute Gasteiger partial charge is 0.464 e. The van der Waals surface area contributed by atoms with Gasteiger partial charge in [-0.1, -0.05) is 18.2 Å². The molecule has 7 heteroatoms. The van der Waals surface area contributed by atoms with Crippen molar-refractivity contribution in [3.05, 3.63) is 41.5 Å². The highest BCUT2D eigenvalue weighted by atomic mass is 19.2. The Hall–Kier alpha value is -2.28. The summed E-state index contributed by atoms with van der Waals surface area (Å²) >= 11 is 0. The molecule has 1 aromatic rings. The Morgan fingerprint density at radius 1 is 1.39 bits per heavy atom. The molecule has 2 N–H and O–H groups in total. The van der Waals surface area contributed by atoms with Crippen molar-refractivity contribution in [2.24, 2.45) is 0 Å². The lowest BCUT2D eigenvalue weighted by Gasteiger charge is -2.15. The molecule has 23 heavy (non-hydrogen) atoms. The lowest BCUT2D eigenvalue weighted by molar-refractivity contribution is -0.147. The number of hydrogen-bond acceptors (Lipinski definition) is 4. The number of ether oxygens (including phenoxy) is 1. The Bertz CT molecular complexity index is 602. The molecule has 1 aromatic carbocycles. The molecular formula is C16H19F2NO4. The van der Waals surface area contributed by atoms with Crippen LogP contribution in [-0.2, 0) is 14.3 Å². The average molecular weight is 327 g/mol. The minimum atomic E-state index is -1.08. The summed E-state index contributed by atoms with van der Waals surface area (Å²) in [7, 11) is 0. The topological polar surface area (TPSA) is 75.6 Å². The van der Waals surface area contributed by atoms with E-state index in [-0.39, 0.29) is 24.2 Å². The van der Waals surface area contributed by atoms with E-state index in [2.05, 4.69) is 5.32 Å². The first-order chi connectivity index (χ1) is 10.9. The van der Waals surface area contributed by atoms with Crippen LogP contribution in [0.2, 0.25) is 0 Å². The molecule has 5 nitrogen and oxygen atoms in total. The average Bonchev–Trinajstić information content (AvgIpc) is 2.50. The number of carbonyl (C=O) groups excluding carboxylic acids is 2. The fourth-order valence-corrected chi connectivity index (χ4v) is 1.97. The number of amides is 1. The van der Waals surface area contributed by atoms with Crippen molar-refractivity contribution in [3.8, 4) is 0 Å². The van der Waals surface area contributed by atoms with E-state index in [1.54, 1.807) is 6.92 Å². The van der Waals surface area contributed by atoms with Crippen molar-refractivity contribution in [1.82, 2.24) is 5.32 Å². The van der Waals surface area contributed by atoms with Gasteiger partial charge in [-0.05, 0) is 25.0 Å². The zero-order valence-electron chi connectivity index (χ0n) is 12.9. The lowest BCUT2D eigenvalue weighted by atomic mass is 10.0. The fourth-order valence-electron chi connectivity index (χ4n) is 1.97. The molecule has 0 spiro atoms. The van der Waals surface area contributed by atoms with E-state index in [1.165, 1.54) is 25.1 Å². The van der Waals surface area contributed by atoms with Crippen molar-refractivity contribution in [2.75, 3.05) is 13.2 Å². The number of benzene rings is 1. The van der Waals surface area contributed by atoms with Crippen LogP contribution in [0.1, 0.15) is 25.8 Å². The third kappa shape index (κ3) is 5.45. The lowest BCUT2D eigenvalue weighted by Crippen LogP contribution is -2.40. The van der Waals surface area contributed by atoms with Gasteiger partial charge in [0.05, 0.1) is 13.2 Å². The highest BCUT2D eigenvalue weighted by molar-refractivity contribution is 5.83. The molecular weight excluding hydrogens is 308 g/mol. The van der Waals surface area contributed by atoms with Crippen LogP contribution < -0.4 is 5.32 Å². The van der Waals surface area contributed by atoms with Crippen LogP contribution in [0.3, 0.4) is 0 Å². The highest BCUT2D eigenvalue weighted by Gasteiger charge is 2.20. The third-order valence-corrected chi connectivity index (χ3v) is 3.02. The molecule has 1 unspecified atom stereocenters. The molecule has 0 radical (unpaired) electrons. The Morgan fingerprint density at radius 2 is 2.09 bits per heavy atom. The summed E-state index contributed by atoms with van der Waals surface area (Å²) in [6.45, 7) is 2.47. The summed E-state index contributed by atoms with van der Waals surface area (Å²) in [6.07, 6.45) is 1.35. The van der Waals surface area contributed by atoms with Gasteiger partial charge in [-0.3, -0.25) is 4.79 Å². The molecule has 0 saturated heterocycles. The van der Waals surface area contributed by atoms with Crippen LogP contribution in [0.4, 0.5) is 8.78 Å². The van der Waals surface area contributed by atoms with Gasteiger partial charge in [-0.15, -0.1) is 0 Å². The summed E-state index contributed by atoms with van der Waals surface area (Å²) < 4.78 is 31.9. The maximum atomic E-state index is 13.8. The Kier molecular flexibility index (Phi) is 7.34. The number of rotatable bonds is 7. The van der Waals surface area contributed by atoms with Crippen molar-refractivity contribution in [2.45, 2.75) is 26.3 Å². The van der Waals surface area contributed by atoms with Crippen molar-refractivity contribution < 1.29 is 28.2 Å². The van der Waals surface area contributed by atoms with E-state index in [0.717, 1.165) is 6.07 Å². The molecule has 126 valence electrons. The minimum Gasteiger partial charge on any atom is -0.464 e. The van der Waals surface area contributed by atoms with E-state index >= 15 is 0 Å². The van der Waals surface area contributed by atoms with E-state index < -0.39 is 36.2 Å². The third-order valence-electron chi connectivity index (χ3n) is 3.02. The molecule has 1 rings (SSSR count). The van der Waals surface area contributed by atoms with Gasteiger partial charge in [0.25, 0.3) is 0 Å². The number of esters is 1. The van der Waals surface area contributed by atoms with Crippen LogP contribution in [0.5, 0.6) is 0 Å². The summed E-state index contributed by atoms with van der Waals surface area (Å²) in [5.74, 6) is -3.19. The van der Waals surface area contributed by atoms with Gasteiger partial charge in [0.2, 0.25) is 5.91 Å². The normalized spacial score (nSPS) is 12.7. The Labute approximate surface area is 133 Å². The summed E-state index contributed by atoms with van der Waals surface area (Å²) in [5.41, 5.74) is 0.0135. The number of carbonyl (C=O) groups is 2. The summed E-state index contributed by atoms with van der Waals surface area (Å²) in [5, 5.41) is 11.8. The minimum absolute atomic E-state index is 0.0236. The van der Waals surface area contributed by atoms with E-state index in [0.29, 0.717) is 0 Å². The quantitative estimate of drug-likeness (QED) is 0.749. The Morgan fingerprint density at radius 3 is 2.65 bits per heavy atom. The van der Waals surface area contributed by atoms with Crippen molar-refractivity contribution in [1.29, 1.82) is 0 Å². The van der Waals surface area contributed by atoms with Gasteiger partial charge >= 0.3 is 5.97 Å². The second-order valence-corrected chi connectivity index (χ2v) is 4.73. The molecule has 0 saturated carbocycles. The number of halogens is 2. The smallest absolute Gasteiger partial charge is 0.328 e. The number of hydrogen-bond donors (Lipinski definition) is 2. The first-order valence-electron chi connectivity index (χ1n) is 7.08. The van der Waals surface area contributed by atoms with Gasteiger partial charge in [-0.2, -0.15) is 0 Å². The van der Waals surface area contributed by atoms with Crippen LogP contribution in [-0.4, -0.2) is 36.2 Å². The molecule has 0 aliphatic heterocycles. The number of nitrogens with one attached hydrogen (secondary N) is 1. The molecule has 0 fully saturated rings. The molecule has 0 heterocycles. The predicted molar refractivity (Wildman–Crippen MR) is 80.3 cm³/mol.